The number of nitrogens with zero attached hydrogens (tertiary/aromatic N) is 2. The molecule has 0 saturated carbocycles. The number of benzene rings is 2. The third-order valence-electron chi connectivity index (χ3n) is 5.56. The number of carbonyl (C=O) groups excluding carboxylic acids is 3. The van der Waals surface area contributed by atoms with Gasteiger partial charge in [0.1, 0.15) is 0 Å². The van der Waals surface area contributed by atoms with Crippen LogP contribution in [-0.4, -0.2) is 66.8 Å². The molecule has 1 saturated heterocycles. The predicted molar refractivity (Wildman–Crippen MR) is 126 cm³/mol. The first kappa shape index (κ1) is 23.5. The maximum atomic E-state index is 12.5. The molecule has 7 heteroatoms. The highest BCUT2D eigenvalue weighted by Gasteiger charge is 2.23. The summed E-state index contributed by atoms with van der Waals surface area (Å²) in [5.74, 6) is -0.436. The molecule has 0 bridgehead atoms. The molecule has 3 rings (SSSR count). The number of piperazine rings is 1. The van der Waals surface area contributed by atoms with Gasteiger partial charge in [-0.05, 0) is 35.2 Å². The monoisotopic (exact) mass is 436 g/mol. The first-order valence-electron chi connectivity index (χ1n) is 11.0. The molecule has 3 amide bonds. The molecule has 2 aromatic carbocycles. The summed E-state index contributed by atoms with van der Waals surface area (Å²) in [6.45, 7) is 8.93. The first-order chi connectivity index (χ1) is 15.2. The van der Waals surface area contributed by atoms with Crippen LogP contribution in [0.5, 0.6) is 0 Å². The van der Waals surface area contributed by atoms with Gasteiger partial charge in [-0.3, -0.25) is 19.3 Å². The maximum absolute atomic E-state index is 12.5. The van der Waals surface area contributed by atoms with E-state index in [4.69, 9.17) is 0 Å². The zero-order chi connectivity index (χ0) is 23.1. The average molecular weight is 437 g/mol. The lowest BCUT2D eigenvalue weighted by molar-refractivity contribution is -0.132. The van der Waals surface area contributed by atoms with Crippen molar-refractivity contribution in [3.05, 3.63) is 65.7 Å². The minimum Gasteiger partial charge on any atom is -0.343 e. The van der Waals surface area contributed by atoms with E-state index in [0.717, 1.165) is 11.3 Å². The Kier molecular flexibility index (Phi) is 7.64. The van der Waals surface area contributed by atoms with Gasteiger partial charge in [-0.15, -0.1) is 0 Å². The van der Waals surface area contributed by atoms with E-state index < -0.39 is 0 Å². The highest BCUT2D eigenvalue weighted by molar-refractivity contribution is 5.96. The number of anilines is 1. The number of amides is 3. The average Bonchev–Trinajstić information content (AvgIpc) is 2.78. The molecule has 1 fully saturated rings. The molecule has 1 heterocycles. The SMILES string of the molecule is CC(C)(C)c1ccc(C(=O)NCC(=O)N2CCN(CC(=O)Nc3ccccc3)CC2)cc1. The lowest BCUT2D eigenvalue weighted by Gasteiger charge is -2.34. The predicted octanol–water partition coefficient (Wildman–Crippen LogP) is 2.50. The summed E-state index contributed by atoms with van der Waals surface area (Å²) in [6.07, 6.45) is 0. The van der Waals surface area contributed by atoms with E-state index in [0.29, 0.717) is 31.7 Å². The van der Waals surface area contributed by atoms with Crippen LogP contribution >= 0.6 is 0 Å². The number of carbonyl (C=O) groups is 3. The summed E-state index contributed by atoms with van der Waals surface area (Å²) < 4.78 is 0. The van der Waals surface area contributed by atoms with Crippen molar-refractivity contribution in [3.8, 4) is 0 Å². The van der Waals surface area contributed by atoms with E-state index >= 15 is 0 Å². The first-order valence-corrected chi connectivity index (χ1v) is 11.0. The number of nitrogens with one attached hydrogen (secondary N) is 2. The van der Waals surface area contributed by atoms with E-state index in [1.54, 1.807) is 17.0 Å². The molecule has 2 aromatic rings. The fourth-order valence-corrected chi connectivity index (χ4v) is 3.57. The molecule has 2 N–H and O–H groups in total. The van der Waals surface area contributed by atoms with Gasteiger partial charge in [-0.1, -0.05) is 51.1 Å². The Bertz CT molecular complexity index is 928. The summed E-state index contributed by atoms with van der Waals surface area (Å²) in [7, 11) is 0. The van der Waals surface area contributed by atoms with Crippen molar-refractivity contribution in [1.82, 2.24) is 15.1 Å². The summed E-state index contributed by atoms with van der Waals surface area (Å²) >= 11 is 0. The standard InChI is InChI=1S/C25H32N4O3/c1-25(2,3)20-11-9-19(10-12-20)24(32)26-17-23(31)29-15-13-28(14-16-29)18-22(30)27-21-7-5-4-6-8-21/h4-12H,13-18H2,1-3H3,(H,26,32)(H,27,30). The van der Waals surface area contributed by atoms with Crippen molar-refractivity contribution in [2.45, 2.75) is 26.2 Å². The van der Waals surface area contributed by atoms with E-state index in [2.05, 4.69) is 31.4 Å². The van der Waals surface area contributed by atoms with Gasteiger partial charge in [0.15, 0.2) is 0 Å². The van der Waals surface area contributed by atoms with Gasteiger partial charge < -0.3 is 15.5 Å². The normalized spacial score (nSPS) is 14.7. The van der Waals surface area contributed by atoms with Gasteiger partial charge in [-0.25, -0.2) is 0 Å². The van der Waals surface area contributed by atoms with Crippen LogP contribution in [0, 0.1) is 0 Å². The number of rotatable bonds is 6. The zero-order valence-electron chi connectivity index (χ0n) is 19.1. The van der Waals surface area contributed by atoms with Crippen LogP contribution < -0.4 is 10.6 Å². The molecule has 0 unspecified atom stereocenters. The minimum atomic E-state index is -0.255. The van der Waals surface area contributed by atoms with Crippen molar-refractivity contribution in [1.29, 1.82) is 0 Å². The van der Waals surface area contributed by atoms with Gasteiger partial charge in [-0.2, -0.15) is 0 Å². The smallest absolute Gasteiger partial charge is 0.251 e. The summed E-state index contributed by atoms with van der Waals surface area (Å²) in [4.78, 5) is 40.8. The Morgan fingerprint density at radius 1 is 0.875 bits per heavy atom. The summed E-state index contributed by atoms with van der Waals surface area (Å²) in [5.41, 5.74) is 2.49. The van der Waals surface area contributed by atoms with E-state index in [1.807, 2.05) is 47.4 Å². The van der Waals surface area contributed by atoms with Crippen LogP contribution in [0.4, 0.5) is 5.69 Å². The summed E-state index contributed by atoms with van der Waals surface area (Å²) in [6, 6.07) is 16.8. The second-order valence-corrected chi connectivity index (χ2v) is 9.08. The van der Waals surface area contributed by atoms with E-state index in [9.17, 15) is 14.4 Å². The Balaban J connectivity index is 1.39. The third kappa shape index (κ3) is 6.65. The highest BCUT2D eigenvalue weighted by atomic mass is 16.2. The topological polar surface area (TPSA) is 81.8 Å². The Labute approximate surface area is 189 Å². The van der Waals surface area contributed by atoms with Crippen molar-refractivity contribution >= 4 is 23.4 Å². The van der Waals surface area contributed by atoms with Crippen molar-refractivity contribution in [2.75, 3.05) is 44.6 Å². The Morgan fingerprint density at radius 3 is 2.09 bits per heavy atom. The lowest BCUT2D eigenvalue weighted by Crippen LogP contribution is -2.52. The second-order valence-electron chi connectivity index (χ2n) is 9.08. The van der Waals surface area contributed by atoms with Gasteiger partial charge in [0.05, 0.1) is 13.1 Å². The van der Waals surface area contributed by atoms with Crippen LogP contribution in [0.3, 0.4) is 0 Å². The van der Waals surface area contributed by atoms with Gasteiger partial charge in [0.2, 0.25) is 11.8 Å². The molecule has 170 valence electrons. The second kappa shape index (κ2) is 10.4. The molecule has 0 radical (unpaired) electrons. The fraction of sp³-hybridized carbons (Fsp3) is 0.400. The number of hydrogen-bond acceptors (Lipinski definition) is 4. The van der Waals surface area contributed by atoms with Gasteiger partial charge >= 0.3 is 0 Å². The number of para-hydroxylation sites is 1. The van der Waals surface area contributed by atoms with Crippen LogP contribution in [0.2, 0.25) is 0 Å². The lowest BCUT2D eigenvalue weighted by atomic mass is 9.87. The Morgan fingerprint density at radius 2 is 1.50 bits per heavy atom. The van der Waals surface area contributed by atoms with E-state index in [1.165, 1.54) is 0 Å². The molecule has 0 spiro atoms. The molecule has 0 aromatic heterocycles. The Hall–Kier alpha value is -3.19. The largest absolute Gasteiger partial charge is 0.343 e. The van der Waals surface area contributed by atoms with E-state index in [-0.39, 0.29) is 36.2 Å². The number of hydrogen-bond donors (Lipinski definition) is 2. The third-order valence-corrected chi connectivity index (χ3v) is 5.56. The summed E-state index contributed by atoms with van der Waals surface area (Å²) in [5, 5.41) is 5.59. The molecule has 0 aliphatic carbocycles. The molecular formula is C25H32N4O3. The molecule has 0 atom stereocenters. The molecule has 7 nitrogen and oxygen atoms in total. The van der Waals surface area contributed by atoms with Crippen LogP contribution in [-0.2, 0) is 15.0 Å². The molecular weight excluding hydrogens is 404 g/mol. The minimum absolute atomic E-state index is 0.0232. The van der Waals surface area contributed by atoms with Crippen molar-refractivity contribution in [3.63, 3.8) is 0 Å². The maximum Gasteiger partial charge on any atom is 0.251 e. The van der Waals surface area contributed by atoms with Crippen molar-refractivity contribution < 1.29 is 14.4 Å². The van der Waals surface area contributed by atoms with Crippen molar-refractivity contribution in [2.24, 2.45) is 0 Å². The van der Waals surface area contributed by atoms with Gasteiger partial charge in [0.25, 0.3) is 5.91 Å². The van der Waals surface area contributed by atoms with Gasteiger partial charge in [0, 0.05) is 37.4 Å². The molecule has 1 aliphatic rings. The van der Waals surface area contributed by atoms with Crippen LogP contribution in [0.25, 0.3) is 0 Å². The quantitative estimate of drug-likeness (QED) is 0.729. The molecule has 32 heavy (non-hydrogen) atoms. The highest BCUT2D eigenvalue weighted by Crippen LogP contribution is 2.22. The zero-order valence-corrected chi connectivity index (χ0v) is 19.1. The van der Waals surface area contributed by atoms with Crippen LogP contribution in [0.1, 0.15) is 36.7 Å². The van der Waals surface area contributed by atoms with Crippen LogP contribution in [0.15, 0.2) is 54.6 Å². The fourth-order valence-electron chi connectivity index (χ4n) is 3.57. The molecule has 1 aliphatic heterocycles.